The van der Waals surface area contributed by atoms with E-state index in [0.717, 1.165) is 27.8 Å². The zero-order valence-electron chi connectivity index (χ0n) is 15.7. The first-order valence-corrected chi connectivity index (χ1v) is 8.58. The van der Waals surface area contributed by atoms with Crippen molar-refractivity contribution in [3.63, 3.8) is 0 Å². The van der Waals surface area contributed by atoms with Gasteiger partial charge in [0.1, 0.15) is 5.60 Å². The van der Waals surface area contributed by atoms with Gasteiger partial charge >= 0.3 is 6.09 Å². The van der Waals surface area contributed by atoms with Gasteiger partial charge in [0.15, 0.2) is 0 Å². The normalized spacial score (nSPS) is 12.6. The van der Waals surface area contributed by atoms with Crippen LogP contribution in [0.2, 0.25) is 0 Å². The van der Waals surface area contributed by atoms with Crippen LogP contribution >= 0.6 is 0 Å². The summed E-state index contributed by atoms with van der Waals surface area (Å²) < 4.78 is 5.31. The molecule has 0 aliphatic rings. The fourth-order valence-corrected chi connectivity index (χ4v) is 2.60. The van der Waals surface area contributed by atoms with Gasteiger partial charge in [0.05, 0.1) is 0 Å². The highest BCUT2D eigenvalue weighted by Crippen LogP contribution is 2.26. The summed E-state index contributed by atoms with van der Waals surface area (Å²) in [4.78, 5) is 11.9. The SMILES string of the molecule is Cc1ccc(-c2ccc([C@@H](C)N)cc2)c(CNC(=O)OC(C)(C)C)c1. The lowest BCUT2D eigenvalue weighted by Gasteiger charge is -2.20. The van der Waals surface area contributed by atoms with Crippen LogP contribution < -0.4 is 11.1 Å². The van der Waals surface area contributed by atoms with Gasteiger partial charge in [-0.1, -0.05) is 48.0 Å². The Labute approximate surface area is 150 Å². The lowest BCUT2D eigenvalue weighted by atomic mass is 9.96. The number of nitrogens with one attached hydrogen (secondary N) is 1. The van der Waals surface area contributed by atoms with Gasteiger partial charge in [-0.2, -0.15) is 0 Å². The lowest BCUT2D eigenvalue weighted by molar-refractivity contribution is 0.0523. The number of hydrogen-bond acceptors (Lipinski definition) is 3. The number of amides is 1. The number of carbonyl (C=O) groups excluding carboxylic acids is 1. The Morgan fingerprint density at radius 2 is 1.80 bits per heavy atom. The first-order valence-electron chi connectivity index (χ1n) is 8.58. The van der Waals surface area contributed by atoms with E-state index in [0.29, 0.717) is 6.54 Å². The van der Waals surface area contributed by atoms with Crippen molar-refractivity contribution in [2.75, 3.05) is 0 Å². The van der Waals surface area contributed by atoms with Gasteiger partial charge in [-0.15, -0.1) is 0 Å². The molecule has 0 aliphatic heterocycles. The first-order chi connectivity index (χ1) is 11.7. The Morgan fingerprint density at radius 1 is 1.16 bits per heavy atom. The quantitative estimate of drug-likeness (QED) is 0.847. The van der Waals surface area contributed by atoms with E-state index in [1.165, 1.54) is 0 Å². The molecule has 0 aromatic heterocycles. The number of hydrogen-bond donors (Lipinski definition) is 2. The van der Waals surface area contributed by atoms with Crippen molar-refractivity contribution in [1.29, 1.82) is 0 Å². The Bertz CT molecular complexity index is 729. The summed E-state index contributed by atoms with van der Waals surface area (Å²) in [5.74, 6) is 0. The van der Waals surface area contributed by atoms with Gasteiger partial charge in [0, 0.05) is 12.6 Å². The van der Waals surface area contributed by atoms with Crippen LogP contribution in [0.1, 0.15) is 50.4 Å². The van der Waals surface area contributed by atoms with Crippen molar-refractivity contribution in [1.82, 2.24) is 5.32 Å². The molecule has 134 valence electrons. The van der Waals surface area contributed by atoms with Crippen LogP contribution in [0.5, 0.6) is 0 Å². The van der Waals surface area contributed by atoms with Gasteiger partial charge in [-0.05, 0) is 56.9 Å². The third-order valence-electron chi connectivity index (χ3n) is 3.83. The largest absolute Gasteiger partial charge is 0.444 e. The molecular weight excluding hydrogens is 312 g/mol. The van der Waals surface area contributed by atoms with Crippen molar-refractivity contribution < 1.29 is 9.53 Å². The predicted octanol–water partition coefficient (Wildman–Crippen LogP) is 4.71. The van der Waals surface area contributed by atoms with E-state index in [2.05, 4.69) is 35.6 Å². The van der Waals surface area contributed by atoms with Gasteiger partial charge in [-0.3, -0.25) is 0 Å². The maximum absolute atomic E-state index is 11.9. The first kappa shape index (κ1) is 19.0. The van der Waals surface area contributed by atoms with Gasteiger partial charge in [0.25, 0.3) is 0 Å². The standard InChI is InChI=1S/C21H28N2O2/c1-14-6-11-19(17-9-7-16(8-10-17)15(2)22)18(12-14)13-23-20(24)25-21(3,4)5/h6-12,15H,13,22H2,1-5H3,(H,23,24)/t15-/m1/s1. The third kappa shape index (κ3) is 5.61. The molecule has 0 radical (unpaired) electrons. The molecule has 3 N–H and O–H groups in total. The number of benzene rings is 2. The number of aryl methyl sites for hydroxylation is 1. The second-order valence-electron chi connectivity index (χ2n) is 7.43. The van der Waals surface area contributed by atoms with Crippen LogP contribution in [-0.4, -0.2) is 11.7 Å². The molecule has 25 heavy (non-hydrogen) atoms. The van der Waals surface area contributed by atoms with Crippen molar-refractivity contribution in [3.05, 3.63) is 59.2 Å². The molecule has 0 heterocycles. The molecule has 0 spiro atoms. The number of rotatable bonds is 4. The summed E-state index contributed by atoms with van der Waals surface area (Å²) in [6.45, 7) is 9.98. The van der Waals surface area contributed by atoms with Crippen LogP contribution in [-0.2, 0) is 11.3 Å². The molecule has 1 atom stereocenters. The number of carbonyl (C=O) groups is 1. The summed E-state index contributed by atoms with van der Waals surface area (Å²) in [5, 5.41) is 2.84. The predicted molar refractivity (Wildman–Crippen MR) is 102 cm³/mol. The van der Waals surface area contributed by atoms with Crippen LogP contribution in [0.25, 0.3) is 11.1 Å². The molecular formula is C21H28N2O2. The topological polar surface area (TPSA) is 64.3 Å². The molecule has 0 fully saturated rings. The van der Waals surface area contributed by atoms with E-state index < -0.39 is 11.7 Å². The average Bonchev–Trinajstić information content (AvgIpc) is 2.51. The fraction of sp³-hybridized carbons (Fsp3) is 0.381. The Morgan fingerprint density at radius 3 is 2.36 bits per heavy atom. The highest BCUT2D eigenvalue weighted by Gasteiger charge is 2.16. The fourth-order valence-electron chi connectivity index (χ4n) is 2.60. The summed E-state index contributed by atoms with van der Waals surface area (Å²) in [6.07, 6.45) is -0.410. The molecule has 4 heteroatoms. The molecule has 0 saturated heterocycles. The Balaban J connectivity index is 2.21. The smallest absolute Gasteiger partial charge is 0.407 e. The molecule has 2 rings (SSSR count). The van der Waals surface area contributed by atoms with E-state index in [4.69, 9.17) is 10.5 Å². The second-order valence-corrected chi connectivity index (χ2v) is 7.43. The van der Waals surface area contributed by atoms with E-state index in [9.17, 15) is 4.79 Å². The van der Waals surface area contributed by atoms with Gasteiger partial charge in [0.2, 0.25) is 0 Å². The monoisotopic (exact) mass is 340 g/mol. The number of alkyl carbamates (subject to hydrolysis) is 1. The average molecular weight is 340 g/mol. The maximum Gasteiger partial charge on any atom is 0.407 e. The molecule has 0 bridgehead atoms. The van der Waals surface area contributed by atoms with Crippen molar-refractivity contribution in [2.24, 2.45) is 5.73 Å². The Hall–Kier alpha value is -2.33. The van der Waals surface area contributed by atoms with Crippen LogP contribution in [0.15, 0.2) is 42.5 Å². The van der Waals surface area contributed by atoms with E-state index >= 15 is 0 Å². The second kappa shape index (κ2) is 7.70. The number of ether oxygens (including phenoxy) is 1. The van der Waals surface area contributed by atoms with E-state index in [-0.39, 0.29) is 6.04 Å². The minimum atomic E-state index is -0.506. The molecule has 2 aromatic carbocycles. The van der Waals surface area contributed by atoms with E-state index in [1.807, 2.05) is 46.8 Å². The van der Waals surface area contributed by atoms with Crippen molar-refractivity contribution in [3.8, 4) is 11.1 Å². The van der Waals surface area contributed by atoms with E-state index in [1.54, 1.807) is 0 Å². The minimum absolute atomic E-state index is 0.0142. The van der Waals surface area contributed by atoms with Crippen LogP contribution in [0.3, 0.4) is 0 Å². The van der Waals surface area contributed by atoms with Crippen molar-refractivity contribution in [2.45, 2.75) is 52.8 Å². The van der Waals surface area contributed by atoms with Gasteiger partial charge in [-0.25, -0.2) is 4.79 Å². The molecule has 2 aromatic rings. The zero-order valence-corrected chi connectivity index (χ0v) is 15.7. The molecule has 1 amide bonds. The van der Waals surface area contributed by atoms with Crippen LogP contribution in [0.4, 0.5) is 4.79 Å². The third-order valence-corrected chi connectivity index (χ3v) is 3.83. The highest BCUT2D eigenvalue weighted by atomic mass is 16.6. The summed E-state index contributed by atoms with van der Waals surface area (Å²) in [6, 6.07) is 14.5. The lowest BCUT2D eigenvalue weighted by Crippen LogP contribution is -2.32. The summed E-state index contributed by atoms with van der Waals surface area (Å²) in [5.41, 5.74) is 10.9. The molecule has 0 aliphatic carbocycles. The van der Waals surface area contributed by atoms with Crippen LogP contribution in [0, 0.1) is 6.92 Å². The van der Waals surface area contributed by atoms with Gasteiger partial charge < -0.3 is 15.8 Å². The summed E-state index contributed by atoms with van der Waals surface area (Å²) in [7, 11) is 0. The maximum atomic E-state index is 11.9. The minimum Gasteiger partial charge on any atom is -0.444 e. The van der Waals surface area contributed by atoms with Crippen molar-refractivity contribution >= 4 is 6.09 Å². The zero-order chi connectivity index (χ0) is 18.6. The molecule has 0 unspecified atom stereocenters. The molecule has 4 nitrogen and oxygen atoms in total. The Kier molecular flexibility index (Phi) is 5.85. The summed E-state index contributed by atoms with van der Waals surface area (Å²) >= 11 is 0. The molecule has 0 saturated carbocycles. The highest BCUT2D eigenvalue weighted by molar-refractivity contribution is 5.71. The number of nitrogens with two attached hydrogens (primary N) is 1.